The molecule has 0 saturated heterocycles. The standard InChI is InChI=1S/C6H12O2.Na.H/c1-3-5(4-2)6(7)8;;/h5H,3-4H2,1-2H3,(H,7,8);;. The van der Waals surface area contributed by atoms with Gasteiger partial charge in [-0.2, -0.15) is 0 Å². The molecule has 0 bridgehead atoms. The summed E-state index contributed by atoms with van der Waals surface area (Å²) in [7, 11) is 0. The van der Waals surface area contributed by atoms with Crippen molar-refractivity contribution in [3.63, 3.8) is 0 Å². The third-order valence-corrected chi connectivity index (χ3v) is 1.33. The minimum atomic E-state index is -0.671. The maximum absolute atomic E-state index is 10.2. The van der Waals surface area contributed by atoms with Crippen LogP contribution in [-0.2, 0) is 4.79 Å². The van der Waals surface area contributed by atoms with E-state index in [0.29, 0.717) is 0 Å². The van der Waals surface area contributed by atoms with Gasteiger partial charge in [0.2, 0.25) is 0 Å². The molecule has 0 aromatic rings. The van der Waals surface area contributed by atoms with Crippen molar-refractivity contribution in [3.8, 4) is 0 Å². The summed E-state index contributed by atoms with van der Waals surface area (Å²) in [5, 5.41) is 8.37. The SMILES string of the molecule is CCC(CC)C(=O)O.[NaH]. The minimum absolute atomic E-state index is 0. The van der Waals surface area contributed by atoms with Crippen LogP contribution in [0.25, 0.3) is 0 Å². The second-order valence-electron chi connectivity index (χ2n) is 1.85. The summed E-state index contributed by atoms with van der Waals surface area (Å²) in [5.41, 5.74) is 0. The summed E-state index contributed by atoms with van der Waals surface area (Å²) in [6.07, 6.45) is 1.48. The molecule has 0 unspecified atom stereocenters. The van der Waals surface area contributed by atoms with Crippen molar-refractivity contribution < 1.29 is 9.90 Å². The van der Waals surface area contributed by atoms with Gasteiger partial charge in [0.05, 0.1) is 5.92 Å². The van der Waals surface area contributed by atoms with Gasteiger partial charge in [-0.3, -0.25) is 4.79 Å². The maximum atomic E-state index is 10.2. The third kappa shape index (κ3) is 4.94. The van der Waals surface area contributed by atoms with Crippen LogP contribution in [0.1, 0.15) is 26.7 Å². The van der Waals surface area contributed by atoms with Gasteiger partial charge >= 0.3 is 35.5 Å². The third-order valence-electron chi connectivity index (χ3n) is 1.33. The summed E-state index contributed by atoms with van der Waals surface area (Å²) in [6, 6.07) is 0. The van der Waals surface area contributed by atoms with Crippen LogP contribution in [0.15, 0.2) is 0 Å². The van der Waals surface area contributed by atoms with Crippen LogP contribution in [0.2, 0.25) is 0 Å². The van der Waals surface area contributed by atoms with Crippen molar-refractivity contribution in [1.82, 2.24) is 0 Å². The van der Waals surface area contributed by atoms with Crippen molar-refractivity contribution >= 4 is 35.5 Å². The predicted octanol–water partition coefficient (Wildman–Crippen LogP) is 0.859. The average molecular weight is 140 g/mol. The van der Waals surface area contributed by atoms with E-state index in [0.717, 1.165) is 12.8 Å². The second kappa shape index (κ2) is 6.59. The second-order valence-corrected chi connectivity index (χ2v) is 1.85. The molecule has 0 aromatic heterocycles. The van der Waals surface area contributed by atoms with Crippen LogP contribution in [0.3, 0.4) is 0 Å². The molecule has 3 heteroatoms. The zero-order chi connectivity index (χ0) is 6.57. The number of hydrogen-bond acceptors (Lipinski definition) is 1. The van der Waals surface area contributed by atoms with Gasteiger partial charge in [-0.1, -0.05) is 13.8 Å². The van der Waals surface area contributed by atoms with Crippen LogP contribution in [0.5, 0.6) is 0 Å². The summed E-state index contributed by atoms with van der Waals surface area (Å²) >= 11 is 0. The van der Waals surface area contributed by atoms with Gasteiger partial charge in [0.25, 0.3) is 0 Å². The van der Waals surface area contributed by atoms with Crippen LogP contribution >= 0.6 is 0 Å². The first-order chi connectivity index (χ1) is 3.72. The van der Waals surface area contributed by atoms with Crippen LogP contribution in [0.4, 0.5) is 0 Å². The number of rotatable bonds is 3. The van der Waals surface area contributed by atoms with Gasteiger partial charge in [0.1, 0.15) is 0 Å². The fourth-order valence-corrected chi connectivity index (χ4v) is 0.638. The molecule has 0 aliphatic heterocycles. The molecular weight excluding hydrogens is 127 g/mol. The van der Waals surface area contributed by atoms with E-state index in [1.165, 1.54) is 0 Å². The molecule has 0 spiro atoms. The molecule has 0 rings (SSSR count). The Labute approximate surface area is 77.9 Å². The molecule has 0 aliphatic rings. The first-order valence-electron chi connectivity index (χ1n) is 2.95. The zero-order valence-corrected chi connectivity index (χ0v) is 5.35. The zero-order valence-electron chi connectivity index (χ0n) is 5.35. The van der Waals surface area contributed by atoms with Gasteiger partial charge in [-0.25, -0.2) is 0 Å². The van der Waals surface area contributed by atoms with E-state index in [2.05, 4.69) is 0 Å². The summed E-state index contributed by atoms with van der Waals surface area (Å²) in [4.78, 5) is 10.2. The van der Waals surface area contributed by atoms with E-state index < -0.39 is 5.97 Å². The molecule has 0 heterocycles. The first kappa shape index (κ1) is 12.2. The molecule has 0 aromatic carbocycles. The van der Waals surface area contributed by atoms with Crippen molar-refractivity contribution in [1.29, 1.82) is 0 Å². The number of carbonyl (C=O) groups is 1. The Morgan fingerprint density at radius 3 is 1.78 bits per heavy atom. The number of aliphatic carboxylic acids is 1. The molecular formula is C6H13NaO2. The first-order valence-corrected chi connectivity index (χ1v) is 2.95. The van der Waals surface area contributed by atoms with E-state index in [4.69, 9.17) is 5.11 Å². The fraction of sp³-hybridized carbons (Fsp3) is 0.833. The predicted molar refractivity (Wildman–Crippen MR) is 38.9 cm³/mol. The van der Waals surface area contributed by atoms with E-state index >= 15 is 0 Å². The molecule has 0 saturated carbocycles. The van der Waals surface area contributed by atoms with Gasteiger partial charge < -0.3 is 5.11 Å². The molecule has 50 valence electrons. The molecule has 0 aliphatic carbocycles. The van der Waals surface area contributed by atoms with Gasteiger partial charge in [0.15, 0.2) is 0 Å². The van der Waals surface area contributed by atoms with E-state index in [1.807, 2.05) is 13.8 Å². The topological polar surface area (TPSA) is 37.3 Å². The van der Waals surface area contributed by atoms with Crippen molar-refractivity contribution in [2.24, 2.45) is 5.92 Å². The number of hydrogen-bond donors (Lipinski definition) is 1. The normalized spacial score (nSPS) is 8.78. The Morgan fingerprint density at radius 2 is 1.78 bits per heavy atom. The van der Waals surface area contributed by atoms with Crippen LogP contribution in [-0.4, -0.2) is 40.6 Å². The molecule has 9 heavy (non-hydrogen) atoms. The Morgan fingerprint density at radius 1 is 1.44 bits per heavy atom. The molecule has 0 fully saturated rings. The Hall–Kier alpha value is 0.470. The molecule has 0 radical (unpaired) electrons. The van der Waals surface area contributed by atoms with E-state index in [-0.39, 0.29) is 35.5 Å². The van der Waals surface area contributed by atoms with Crippen molar-refractivity contribution in [2.45, 2.75) is 26.7 Å². The van der Waals surface area contributed by atoms with Gasteiger partial charge in [0, 0.05) is 0 Å². The van der Waals surface area contributed by atoms with E-state index in [1.54, 1.807) is 0 Å². The van der Waals surface area contributed by atoms with E-state index in [9.17, 15) is 4.79 Å². The van der Waals surface area contributed by atoms with Crippen molar-refractivity contribution in [2.75, 3.05) is 0 Å². The Balaban J connectivity index is 0. The van der Waals surface area contributed by atoms with Crippen LogP contribution in [0, 0.1) is 5.92 Å². The van der Waals surface area contributed by atoms with Gasteiger partial charge in [-0.15, -0.1) is 0 Å². The Bertz CT molecular complexity index is 79.1. The van der Waals surface area contributed by atoms with Crippen molar-refractivity contribution in [3.05, 3.63) is 0 Å². The molecule has 2 nitrogen and oxygen atoms in total. The number of carboxylic acids is 1. The molecule has 0 amide bonds. The monoisotopic (exact) mass is 140 g/mol. The molecule has 1 N–H and O–H groups in total. The quantitative estimate of drug-likeness (QED) is 0.590. The Kier molecular flexibility index (Phi) is 8.91. The molecule has 0 atom stereocenters. The summed E-state index contributed by atoms with van der Waals surface area (Å²) < 4.78 is 0. The fourth-order valence-electron chi connectivity index (χ4n) is 0.638. The average Bonchev–Trinajstić information content (AvgIpc) is 1.69. The summed E-state index contributed by atoms with van der Waals surface area (Å²) in [6.45, 7) is 3.78. The summed E-state index contributed by atoms with van der Waals surface area (Å²) in [5.74, 6) is -0.801. The van der Waals surface area contributed by atoms with Crippen LogP contribution < -0.4 is 0 Å². The van der Waals surface area contributed by atoms with Gasteiger partial charge in [-0.05, 0) is 12.8 Å². The number of carboxylic acid groups (broad SMARTS) is 1.